The highest BCUT2D eigenvalue weighted by atomic mass is 35.5. The minimum Gasteiger partial charge on any atom is -0.378 e. The molecule has 4 nitrogen and oxygen atoms in total. The van der Waals surface area contributed by atoms with Gasteiger partial charge in [0.05, 0.1) is 16.1 Å². The van der Waals surface area contributed by atoms with Crippen LogP contribution in [-0.2, 0) is 0 Å². The van der Waals surface area contributed by atoms with E-state index in [0.717, 1.165) is 21.3 Å². The van der Waals surface area contributed by atoms with Gasteiger partial charge in [-0.15, -0.1) is 11.3 Å². The first-order valence-electron chi connectivity index (χ1n) is 6.52. The summed E-state index contributed by atoms with van der Waals surface area (Å²) in [5, 5.41) is 8.80. The van der Waals surface area contributed by atoms with Gasteiger partial charge in [0.1, 0.15) is 0 Å². The maximum atomic E-state index is 11.1. The van der Waals surface area contributed by atoms with E-state index < -0.39 is 0 Å². The Kier molecular flexibility index (Phi) is 3.86. The fourth-order valence-corrected chi connectivity index (χ4v) is 3.18. The highest BCUT2D eigenvalue weighted by Gasteiger charge is 2.08. The van der Waals surface area contributed by atoms with Gasteiger partial charge in [-0.1, -0.05) is 23.7 Å². The minimum absolute atomic E-state index is 0.129. The topological polar surface area (TPSA) is 60.7 Å². The number of H-pyrrole nitrogens is 2. The summed E-state index contributed by atoms with van der Waals surface area (Å²) in [6, 6.07) is 13.6. The third kappa shape index (κ3) is 3.20. The second kappa shape index (κ2) is 5.79. The van der Waals surface area contributed by atoms with E-state index in [2.05, 4.69) is 22.4 Å². The molecular weight excluding hydrogens is 306 g/mol. The quantitative estimate of drug-likeness (QED) is 0.673. The molecule has 2 heterocycles. The van der Waals surface area contributed by atoms with Crippen molar-refractivity contribution in [1.29, 1.82) is 0 Å². The summed E-state index contributed by atoms with van der Waals surface area (Å²) in [5.41, 5.74) is 2.64. The molecule has 0 bridgehead atoms. The van der Waals surface area contributed by atoms with Gasteiger partial charge in [0, 0.05) is 16.6 Å². The number of halogens is 1. The average Bonchev–Trinajstić information content (AvgIpc) is 3.08. The summed E-state index contributed by atoms with van der Waals surface area (Å²) in [4.78, 5) is 12.3. The molecule has 0 spiro atoms. The number of hydrogen-bond acceptors (Lipinski definition) is 3. The van der Waals surface area contributed by atoms with Gasteiger partial charge in [-0.05, 0) is 36.8 Å². The molecular formula is C15H14ClN3OS. The van der Waals surface area contributed by atoms with Crippen LogP contribution in [0.25, 0.3) is 11.3 Å². The lowest BCUT2D eigenvalue weighted by atomic mass is 10.1. The Morgan fingerprint density at radius 3 is 2.48 bits per heavy atom. The monoisotopic (exact) mass is 319 g/mol. The molecule has 0 fully saturated rings. The molecule has 0 amide bonds. The van der Waals surface area contributed by atoms with Gasteiger partial charge in [-0.25, -0.2) is 0 Å². The van der Waals surface area contributed by atoms with Gasteiger partial charge in [-0.2, -0.15) is 0 Å². The molecule has 21 heavy (non-hydrogen) atoms. The highest BCUT2D eigenvalue weighted by Crippen LogP contribution is 2.29. The fourth-order valence-electron chi connectivity index (χ4n) is 2.12. The van der Waals surface area contributed by atoms with E-state index in [4.69, 9.17) is 11.6 Å². The molecule has 108 valence electrons. The lowest BCUT2D eigenvalue weighted by Gasteiger charge is -2.13. The molecule has 0 saturated heterocycles. The predicted molar refractivity (Wildman–Crippen MR) is 88.2 cm³/mol. The normalized spacial score (nSPS) is 12.3. The molecule has 2 aromatic heterocycles. The Bertz CT molecular complexity index is 788. The van der Waals surface area contributed by atoms with Gasteiger partial charge in [0.15, 0.2) is 0 Å². The maximum Gasteiger partial charge on any atom is 0.264 e. The minimum atomic E-state index is -0.129. The van der Waals surface area contributed by atoms with E-state index in [1.807, 2.05) is 36.4 Å². The SMILES string of the molecule is CC(Nc1ccc(-c2cc(=O)[nH][nH]2)cc1)c1ccc(Cl)s1. The predicted octanol–water partition coefficient (Wildman–Crippen LogP) is 4.26. The van der Waals surface area contributed by atoms with Gasteiger partial charge < -0.3 is 5.32 Å². The first kappa shape index (κ1) is 14.0. The average molecular weight is 320 g/mol. The summed E-state index contributed by atoms with van der Waals surface area (Å²) in [5.74, 6) is 0. The summed E-state index contributed by atoms with van der Waals surface area (Å²) in [7, 11) is 0. The molecule has 1 aromatic carbocycles. The molecule has 0 aliphatic carbocycles. The van der Waals surface area contributed by atoms with E-state index in [-0.39, 0.29) is 11.6 Å². The lowest BCUT2D eigenvalue weighted by molar-refractivity contribution is 0.908. The van der Waals surface area contributed by atoms with E-state index in [1.54, 1.807) is 17.4 Å². The lowest BCUT2D eigenvalue weighted by Crippen LogP contribution is -2.04. The zero-order valence-electron chi connectivity index (χ0n) is 11.3. The summed E-state index contributed by atoms with van der Waals surface area (Å²) >= 11 is 7.53. The molecule has 0 aliphatic heterocycles. The van der Waals surface area contributed by atoms with Crippen LogP contribution in [0.2, 0.25) is 4.34 Å². The largest absolute Gasteiger partial charge is 0.378 e. The van der Waals surface area contributed by atoms with Gasteiger partial charge in [-0.3, -0.25) is 15.0 Å². The van der Waals surface area contributed by atoms with Crippen molar-refractivity contribution < 1.29 is 0 Å². The van der Waals surface area contributed by atoms with Crippen LogP contribution in [0.15, 0.2) is 47.3 Å². The third-order valence-electron chi connectivity index (χ3n) is 3.20. The number of rotatable bonds is 4. The van der Waals surface area contributed by atoms with Crippen LogP contribution in [0.5, 0.6) is 0 Å². The fraction of sp³-hybridized carbons (Fsp3) is 0.133. The number of aromatic nitrogens is 2. The number of hydrogen-bond donors (Lipinski definition) is 3. The molecule has 0 radical (unpaired) electrons. The van der Waals surface area contributed by atoms with Crippen molar-refractivity contribution in [3.8, 4) is 11.3 Å². The second-order valence-corrected chi connectivity index (χ2v) is 6.50. The van der Waals surface area contributed by atoms with Crippen molar-refractivity contribution in [2.75, 3.05) is 5.32 Å². The second-order valence-electron chi connectivity index (χ2n) is 4.76. The van der Waals surface area contributed by atoms with Crippen LogP contribution in [0, 0.1) is 0 Å². The molecule has 0 aliphatic rings. The number of nitrogens with one attached hydrogen (secondary N) is 3. The van der Waals surface area contributed by atoms with Crippen LogP contribution in [0.1, 0.15) is 17.8 Å². The molecule has 3 aromatic rings. The standard InChI is InChI=1S/C15H14ClN3OS/c1-9(13-6-7-14(16)21-13)17-11-4-2-10(3-5-11)12-8-15(20)19-18-12/h2-9,17H,1H3,(H2,18,19,20). The Hall–Kier alpha value is -1.98. The van der Waals surface area contributed by atoms with E-state index in [1.165, 1.54) is 4.88 Å². The Morgan fingerprint density at radius 1 is 1.14 bits per heavy atom. The number of thiophene rings is 1. The Balaban J connectivity index is 1.74. The van der Waals surface area contributed by atoms with Crippen LogP contribution in [0.3, 0.4) is 0 Å². The highest BCUT2D eigenvalue weighted by molar-refractivity contribution is 7.16. The van der Waals surface area contributed by atoms with Crippen LogP contribution >= 0.6 is 22.9 Å². The van der Waals surface area contributed by atoms with Crippen molar-refractivity contribution in [3.05, 3.63) is 62.0 Å². The first-order chi connectivity index (χ1) is 10.1. The van der Waals surface area contributed by atoms with Crippen molar-refractivity contribution >= 4 is 28.6 Å². The molecule has 1 atom stereocenters. The van der Waals surface area contributed by atoms with Crippen LogP contribution in [0.4, 0.5) is 5.69 Å². The van der Waals surface area contributed by atoms with E-state index in [0.29, 0.717) is 0 Å². The van der Waals surface area contributed by atoms with Crippen LogP contribution in [-0.4, -0.2) is 10.2 Å². The van der Waals surface area contributed by atoms with E-state index >= 15 is 0 Å². The molecule has 1 unspecified atom stereocenters. The summed E-state index contributed by atoms with van der Waals surface area (Å²) in [6.45, 7) is 2.10. The third-order valence-corrected chi connectivity index (χ3v) is 4.61. The smallest absolute Gasteiger partial charge is 0.264 e. The Labute approximate surface area is 130 Å². The number of benzene rings is 1. The molecule has 3 N–H and O–H groups in total. The van der Waals surface area contributed by atoms with Crippen LogP contribution < -0.4 is 10.9 Å². The van der Waals surface area contributed by atoms with Crippen molar-refractivity contribution in [1.82, 2.24) is 10.2 Å². The van der Waals surface area contributed by atoms with Crippen molar-refractivity contribution in [2.24, 2.45) is 0 Å². The van der Waals surface area contributed by atoms with Gasteiger partial charge in [0.25, 0.3) is 5.56 Å². The van der Waals surface area contributed by atoms with Crippen molar-refractivity contribution in [3.63, 3.8) is 0 Å². The summed E-state index contributed by atoms with van der Waals surface area (Å²) < 4.78 is 0.797. The molecule has 6 heteroatoms. The maximum absolute atomic E-state index is 11.1. The number of anilines is 1. The van der Waals surface area contributed by atoms with Crippen molar-refractivity contribution in [2.45, 2.75) is 13.0 Å². The number of aromatic amines is 2. The summed E-state index contributed by atoms with van der Waals surface area (Å²) in [6.07, 6.45) is 0. The van der Waals surface area contributed by atoms with Gasteiger partial charge in [0.2, 0.25) is 0 Å². The molecule has 3 rings (SSSR count). The van der Waals surface area contributed by atoms with E-state index in [9.17, 15) is 4.79 Å². The van der Waals surface area contributed by atoms with Gasteiger partial charge >= 0.3 is 0 Å². The first-order valence-corrected chi connectivity index (χ1v) is 7.71. The zero-order chi connectivity index (χ0) is 14.8. The Morgan fingerprint density at radius 2 is 1.90 bits per heavy atom. The zero-order valence-corrected chi connectivity index (χ0v) is 12.9. The molecule has 0 saturated carbocycles.